The maximum atomic E-state index is 6.12. The maximum absolute atomic E-state index is 6.12. The van der Waals surface area contributed by atoms with Gasteiger partial charge >= 0.3 is 0 Å². The van der Waals surface area contributed by atoms with Crippen molar-refractivity contribution < 1.29 is 4.74 Å². The third-order valence-electron chi connectivity index (χ3n) is 3.07. The van der Waals surface area contributed by atoms with Crippen molar-refractivity contribution in [2.24, 2.45) is 0 Å². The predicted octanol–water partition coefficient (Wildman–Crippen LogP) is 2.87. The zero-order valence-corrected chi connectivity index (χ0v) is 12.4. The fourth-order valence-corrected chi connectivity index (χ4v) is 2.13. The SMILES string of the molecule is CNCc1cn(-c2cc(C)c(Cl)cc2OC)nc1C. The molecule has 1 aromatic heterocycles. The van der Waals surface area contributed by atoms with Gasteiger partial charge in [0.25, 0.3) is 0 Å². The van der Waals surface area contributed by atoms with Crippen LogP contribution in [0.5, 0.6) is 5.75 Å². The fraction of sp³-hybridized carbons (Fsp3) is 0.357. The number of aromatic nitrogens is 2. The van der Waals surface area contributed by atoms with Gasteiger partial charge in [0.2, 0.25) is 0 Å². The summed E-state index contributed by atoms with van der Waals surface area (Å²) in [5.74, 6) is 0.717. The molecule has 0 aliphatic carbocycles. The number of hydrogen-bond donors (Lipinski definition) is 1. The van der Waals surface area contributed by atoms with E-state index in [0.717, 1.165) is 29.1 Å². The average Bonchev–Trinajstić information content (AvgIpc) is 2.74. The summed E-state index contributed by atoms with van der Waals surface area (Å²) >= 11 is 6.12. The van der Waals surface area contributed by atoms with Crippen LogP contribution in [0.3, 0.4) is 0 Å². The Morgan fingerprint density at radius 1 is 1.37 bits per heavy atom. The van der Waals surface area contributed by atoms with Crippen LogP contribution in [0, 0.1) is 13.8 Å². The van der Waals surface area contributed by atoms with Crippen LogP contribution in [-0.4, -0.2) is 23.9 Å². The summed E-state index contributed by atoms with van der Waals surface area (Å²) in [5.41, 5.74) is 4.07. The van der Waals surface area contributed by atoms with Crippen LogP contribution in [0.15, 0.2) is 18.3 Å². The third kappa shape index (κ3) is 2.74. The number of methoxy groups -OCH3 is 1. The minimum absolute atomic E-state index is 0.694. The van der Waals surface area contributed by atoms with Gasteiger partial charge in [-0.15, -0.1) is 0 Å². The Balaban J connectivity index is 2.51. The lowest BCUT2D eigenvalue weighted by Gasteiger charge is -2.10. The zero-order valence-electron chi connectivity index (χ0n) is 11.6. The zero-order chi connectivity index (χ0) is 14.0. The monoisotopic (exact) mass is 279 g/mol. The van der Waals surface area contributed by atoms with Crippen molar-refractivity contribution in [2.75, 3.05) is 14.2 Å². The quantitative estimate of drug-likeness (QED) is 0.935. The van der Waals surface area contributed by atoms with E-state index in [2.05, 4.69) is 10.4 Å². The second kappa shape index (κ2) is 5.63. The standard InChI is InChI=1S/C14H18ClN3O/c1-9-5-13(14(19-4)6-12(9)15)18-8-11(7-16-3)10(2)17-18/h5-6,8,16H,7H2,1-4H3. The summed E-state index contributed by atoms with van der Waals surface area (Å²) in [6, 6.07) is 3.80. The van der Waals surface area contributed by atoms with Crippen molar-refractivity contribution in [3.63, 3.8) is 0 Å². The summed E-state index contributed by atoms with van der Waals surface area (Å²) < 4.78 is 7.22. The number of benzene rings is 1. The molecule has 2 rings (SSSR count). The van der Waals surface area contributed by atoms with Crippen LogP contribution in [0.25, 0.3) is 5.69 Å². The van der Waals surface area contributed by atoms with E-state index in [1.807, 2.05) is 43.9 Å². The molecule has 5 heteroatoms. The second-order valence-electron chi connectivity index (χ2n) is 4.49. The lowest BCUT2D eigenvalue weighted by Crippen LogP contribution is -2.05. The van der Waals surface area contributed by atoms with E-state index in [1.165, 1.54) is 0 Å². The highest BCUT2D eigenvalue weighted by atomic mass is 35.5. The Kier molecular flexibility index (Phi) is 4.12. The first-order chi connectivity index (χ1) is 9.06. The van der Waals surface area contributed by atoms with Gasteiger partial charge in [-0.1, -0.05) is 11.6 Å². The first-order valence-electron chi connectivity index (χ1n) is 6.11. The minimum atomic E-state index is 0.694. The molecule has 1 N–H and O–H groups in total. The number of aryl methyl sites for hydroxylation is 2. The van der Waals surface area contributed by atoms with Crippen molar-refractivity contribution in [1.29, 1.82) is 0 Å². The molecule has 0 unspecified atom stereocenters. The van der Waals surface area contributed by atoms with Crippen molar-refractivity contribution in [2.45, 2.75) is 20.4 Å². The minimum Gasteiger partial charge on any atom is -0.494 e. The first-order valence-corrected chi connectivity index (χ1v) is 6.49. The molecule has 0 aliphatic heterocycles. The predicted molar refractivity (Wildman–Crippen MR) is 77.4 cm³/mol. The molecule has 4 nitrogen and oxygen atoms in total. The van der Waals surface area contributed by atoms with E-state index in [-0.39, 0.29) is 0 Å². The van der Waals surface area contributed by atoms with Gasteiger partial charge in [0.05, 0.1) is 12.8 Å². The normalized spacial score (nSPS) is 10.8. The van der Waals surface area contributed by atoms with Gasteiger partial charge < -0.3 is 10.1 Å². The molecule has 0 fully saturated rings. The summed E-state index contributed by atoms with van der Waals surface area (Å²) in [7, 11) is 3.55. The van der Waals surface area contributed by atoms with E-state index >= 15 is 0 Å². The molecule has 0 bridgehead atoms. The molecule has 102 valence electrons. The smallest absolute Gasteiger partial charge is 0.146 e. The van der Waals surface area contributed by atoms with E-state index in [1.54, 1.807) is 7.11 Å². The van der Waals surface area contributed by atoms with Gasteiger partial charge in [0, 0.05) is 29.4 Å². The van der Waals surface area contributed by atoms with Crippen LogP contribution in [0.4, 0.5) is 0 Å². The number of hydrogen-bond acceptors (Lipinski definition) is 3. The fourth-order valence-electron chi connectivity index (χ4n) is 1.97. The van der Waals surface area contributed by atoms with E-state index in [4.69, 9.17) is 16.3 Å². The second-order valence-corrected chi connectivity index (χ2v) is 4.90. The maximum Gasteiger partial charge on any atom is 0.146 e. The first kappa shape index (κ1) is 13.9. The summed E-state index contributed by atoms with van der Waals surface area (Å²) in [6.07, 6.45) is 2.01. The molecule has 19 heavy (non-hydrogen) atoms. The van der Waals surface area contributed by atoms with Gasteiger partial charge in [-0.3, -0.25) is 0 Å². The van der Waals surface area contributed by atoms with Gasteiger partial charge in [-0.25, -0.2) is 4.68 Å². The largest absolute Gasteiger partial charge is 0.494 e. The molecule has 0 amide bonds. The molecule has 1 heterocycles. The summed E-state index contributed by atoms with van der Waals surface area (Å²) in [4.78, 5) is 0. The highest BCUT2D eigenvalue weighted by Crippen LogP contribution is 2.29. The van der Waals surface area contributed by atoms with Crippen molar-refractivity contribution in [3.05, 3.63) is 40.2 Å². The van der Waals surface area contributed by atoms with Crippen molar-refractivity contribution in [3.8, 4) is 11.4 Å². The average molecular weight is 280 g/mol. The van der Waals surface area contributed by atoms with Crippen LogP contribution >= 0.6 is 11.6 Å². The molecule has 0 atom stereocenters. The Morgan fingerprint density at radius 2 is 2.11 bits per heavy atom. The Morgan fingerprint density at radius 3 is 2.74 bits per heavy atom. The van der Waals surface area contributed by atoms with Gasteiger partial charge in [-0.05, 0) is 32.5 Å². The molecule has 0 aliphatic rings. The molecular weight excluding hydrogens is 262 g/mol. The number of nitrogens with zero attached hydrogens (tertiary/aromatic N) is 2. The topological polar surface area (TPSA) is 39.1 Å². The molecule has 1 aromatic carbocycles. The van der Waals surface area contributed by atoms with Crippen LogP contribution < -0.4 is 10.1 Å². The molecular formula is C14H18ClN3O. The number of nitrogens with one attached hydrogen (secondary N) is 1. The third-order valence-corrected chi connectivity index (χ3v) is 3.48. The Bertz CT molecular complexity index is 593. The van der Waals surface area contributed by atoms with Gasteiger partial charge in [0.1, 0.15) is 11.4 Å². The molecule has 2 aromatic rings. The molecule has 0 spiro atoms. The Hall–Kier alpha value is -1.52. The van der Waals surface area contributed by atoms with Crippen molar-refractivity contribution >= 4 is 11.6 Å². The lowest BCUT2D eigenvalue weighted by atomic mass is 10.2. The molecule has 0 saturated heterocycles. The lowest BCUT2D eigenvalue weighted by molar-refractivity contribution is 0.411. The van der Waals surface area contributed by atoms with E-state index in [0.29, 0.717) is 10.8 Å². The number of halogens is 1. The molecule has 0 radical (unpaired) electrons. The summed E-state index contributed by atoms with van der Waals surface area (Å²) in [6.45, 7) is 4.76. The molecule has 0 saturated carbocycles. The highest BCUT2D eigenvalue weighted by molar-refractivity contribution is 6.31. The Labute approximate surface area is 118 Å². The van der Waals surface area contributed by atoms with Gasteiger partial charge in [0.15, 0.2) is 0 Å². The summed E-state index contributed by atoms with van der Waals surface area (Å²) in [5, 5.41) is 8.36. The number of rotatable bonds is 4. The van der Waals surface area contributed by atoms with Crippen molar-refractivity contribution in [1.82, 2.24) is 15.1 Å². The van der Waals surface area contributed by atoms with Crippen LogP contribution in [0.1, 0.15) is 16.8 Å². The van der Waals surface area contributed by atoms with Crippen LogP contribution in [-0.2, 0) is 6.54 Å². The number of ether oxygens (including phenoxy) is 1. The highest BCUT2D eigenvalue weighted by Gasteiger charge is 2.12. The van der Waals surface area contributed by atoms with E-state index < -0.39 is 0 Å². The van der Waals surface area contributed by atoms with Crippen LogP contribution in [0.2, 0.25) is 5.02 Å². The van der Waals surface area contributed by atoms with Gasteiger partial charge in [-0.2, -0.15) is 5.10 Å². The van der Waals surface area contributed by atoms with E-state index in [9.17, 15) is 0 Å².